The monoisotopic (exact) mass is 246 g/mol. The number of benzene rings is 1. The predicted molar refractivity (Wildman–Crippen MR) is 79.2 cm³/mol. The van der Waals surface area contributed by atoms with Crippen molar-refractivity contribution in [2.24, 2.45) is 0 Å². The third-order valence-electron chi connectivity index (χ3n) is 3.79. The Morgan fingerprint density at radius 3 is 2.44 bits per heavy atom. The molecule has 0 atom stereocenters. The summed E-state index contributed by atoms with van der Waals surface area (Å²) in [5.74, 6) is 0. The number of anilines is 1. The molecule has 0 radical (unpaired) electrons. The van der Waals surface area contributed by atoms with Crippen LogP contribution in [-0.2, 0) is 6.54 Å². The van der Waals surface area contributed by atoms with Gasteiger partial charge in [-0.3, -0.25) is 0 Å². The van der Waals surface area contributed by atoms with Crippen LogP contribution in [0.2, 0.25) is 0 Å². The molecule has 0 bridgehead atoms. The summed E-state index contributed by atoms with van der Waals surface area (Å²) < 4.78 is 0. The van der Waals surface area contributed by atoms with Crippen molar-refractivity contribution in [1.82, 2.24) is 5.32 Å². The first-order valence-electron chi connectivity index (χ1n) is 7.36. The molecule has 1 aromatic carbocycles. The standard InChI is InChI=1S/C16H26N2/c1-3-17-13-15-8-9-16(14(2)12-15)18-10-6-4-5-7-11-18/h8-9,12,17H,3-7,10-11,13H2,1-2H3. The summed E-state index contributed by atoms with van der Waals surface area (Å²) in [6.45, 7) is 8.87. The summed E-state index contributed by atoms with van der Waals surface area (Å²) in [6, 6.07) is 6.92. The highest BCUT2D eigenvalue weighted by molar-refractivity contribution is 5.54. The van der Waals surface area contributed by atoms with Crippen LogP contribution < -0.4 is 10.2 Å². The van der Waals surface area contributed by atoms with E-state index in [4.69, 9.17) is 0 Å². The van der Waals surface area contributed by atoms with Gasteiger partial charge in [0.15, 0.2) is 0 Å². The van der Waals surface area contributed by atoms with Crippen molar-refractivity contribution < 1.29 is 0 Å². The molecule has 1 fully saturated rings. The quantitative estimate of drug-likeness (QED) is 0.875. The topological polar surface area (TPSA) is 15.3 Å². The zero-order valence-corrected chi connectivity index (χ0v) is 11.8. The molecule has 100 valence electrons. The van der Waals surface area contributed by atoms with Crippen LogP contribution >= 0.6 is 0 Å². The van der Waals surface area contributed by atoms with Crippen molar-refractivity contribution in [3.8, 4) is 0 Å². The lowest BCUT2D eigenvalue weighted by Gasteiger charge is -2.25. The molecule has 2 rings (SSSR count). The van der Waals surface area contributed by atoms with Gasteiger partial charge in [-0.1, -0.05) is 31.9 Å². The highest BCUT2D eigenvalue weighted by Gasteiger charge is 2.11. The number of hydrogen-bond donors (Lipinski definition) is 1. The van der Waals surface area contributed by atoms with Crippen LogP contribution in [0.1, 0.15) is 43.7 Å². The van der Waals surface area contributed by atoms with E-state index in [1.54, 1.807) is 0 Å². The van der Waals surface area contributed by atoms with Gasteiger partial charge in [0.1, 0.15) is 0 Å². The summed E-state index contributed by atoms with van der Waals surface area (Å²) in [6.07, 6.45) is 5.49. The van der Waals surface area contributed by atoms with Crippen LogP contribution in [0, 0.1) is 6.92 Å². The Bertz CT molecular complexity index is 365. The van der Waals surface area contributed by atoms with Crippen molar-refractivity contribution in [3.05, 3.63) is 29.3 Å². The Morgan fingerprint density at radius 1 is 1.11 bits per heavy atom. The Kier molecular flexibility index (Phi) is 5.06. The van der Waals surface area contributed by atoms with E-state index in [0.717, 1.165) is 13.1 Å². The van der Waals surface area contributed by atoms with Crippen LogP contribution in [0.5, 0.6) is 0 Å². The van der Waals surface area contributed by atoms with Crippen LogP contribution in [0.3, 0.4) is 0 Å². The first kappa shape index (κ1) is 13.4. The fourth-order valence-corrected chi connectivity index (χ4v) is 2.76. The average molecular weight is 246 g/mol. The van der Waals surface area contributed by atoms with Gasteiger partial charge in [0.05, 0.1) is 0 Å². The molecular weight excluding hydrogens is 220 g/mol. The van der Waals surface area contributed by atoms with E-state index in [1.807, 2.05) is 0 Å². The van der Waals surface area contributed by atoms with E-state index in [1.165, 1.54) is 55.6 Å². The summed E-state index contributed by atoms with van der Waals surface area (Å²) in [5, 5.41) is 3.39. The molecular formula is C16H26N2. The molecule has 0 aromatic heterocycles. The number of hydrogen-bond acceptors (Lipinski definition) is 2. The fourth-order valence-electron chi connectivity index (χ4n) is 2.76. The minimum absolute atomic E-state index is 0.984. The van der Waals surface area contributed by atoms with E-state index in [2.05, 4.69) is 42.3 Å². The number of aryl methyl sites for hydroxylation is 1. The zero-order valence-electron chi connectivity index (χ0n) is 11.8. The first-order valence-corrected chi connectivity index (χ1v) is 7.36. The van der Waals surface area contributed by atoms with Gasteiger partial charge < -0.3 is 10.2 Å². The molecule has 1 aliphatic rings. The molecule has 2 heteroatoms. The predicted octanol–water partition coefficient (Wildman–Crippen LogP) is 3.48. The molecule has 0 saturated carbocycles. The Labute approximate surface area is 111 Å². The average Bonchev–Trinajstić information content (AvgIpc) is 2.65. The highest BCUT2D eigenvalue weighted by atomic mass is 15.1. The third kappa shape index (κ3) is 3.49. The number of nitrogens with one attached hydrogen (secondary N) is 1. The van der Waals surface area contributed by atoms with Crippen molar-refractivity contribution in [3.63, 3.8) is 0 Å². The minimum Gasteiger partial charge on any atom is -0.371 e. The van der Waals surface area contributed by atoms with Gasteiger partial charge >= 0.3 is 0 Å². The molecule has 1 aliphatic heterocycles. The van der Waals surface area contributed by atoms with E-state index >= 15 is 0 Å². The molecule has 2 nitrogen and oxygen atoms in total. The minimum atomic E-state index is 0.984. The molecule has 1 heterocycles. The maximum atomic E-state index is 3.39. The second-order valence-corrected chi connectivity index (χ2v) is 5.30. The summed E-state index contributed by atoms with van der Waals surface area (Å²) >= 11 is 0. The molecule has 0 spiro atoms. The lowest BCUT2D eigenvalue weighted by Crippen LogP contribution is -2.24. The smallest absolute Gasteiger partial charge is 0.0396 e. The summed E-state index contributed by atoms with van der Waals surface area (Å²) in [7, 11) is 0. The van der Waals surface area contributed by atoms with Gasteiger partial charge in [-0.15, -0.1) is 0 Å². The van der Waals surface area contributed by atoms with E-state index in [0.29, 0.717) is 0 Å². The Balaban J connectivity index is 2.08. The van der Waals surface area contributed by atoms with E-state index < -0.39 is 0 Å². The van der Waals surface area contributed by atoms with Crippen LogP contribution in [0.25, 0.3) is 0 Å². The molecule has 0 unspecified atom stereocenters. The second-order valence-electron chi connectivity index (χ2n) is 5.30. The largest absolute Gasteiger partial charge is 0.371 e. The van der Waals surface area contributed by atoms with Gasteiger partial charge in [0.25, 0.3) is 0 Å². The number of rotatable bonds is 4. The van der Waals surface area contributed by atoms with Crippen LogP contribution in [0.4, 0.5) is 5.69 Å². The lowest BCUT2D eigenvalue weighted by molar-refractivity contribution is 0.725. The van der Waals surface area contributed by atoms with Crippen LogP contribution in [0.15, 0.2) is 18.2 Å². The van der Waals surface area contributed by atoms with Gasteiger partial charge in [0.2, 0.25) is 0 Å². The first-order chi connectivity index (χ1) is 8.81. The fraction of sp³-hybridized carbons (Fsp3) is 0.625. The third-order valence-corrected chi connectivity index (χ3v) is 3.79. The maximum Gasteiger partial charge on any atom is 0.0396 e. The van der Waals surface area contributed by atoms with E-state index in [9.17, 15) is 0 Å². The van der Waals surface area contributed by atoms with Gasteiger partial charge in [-0.2, -0.15) is 0 Å². The second kappa shape index (κ2) is 6.79. The zero-order chi connectivity index (χ0) is 12.8. The number of nitrogens with zero attached hydrogens (tertiary/aromatic N) is 1. The Hall–Kier alpha value is -1.02. The SMILES string of the molecule is CCNCc1ccc(N2CCCCCC2)c(C)c1. The summed E-state index contributed by atoms with van der Waals surface area (Å²) in [5.41, 5.74) is 4.26. The molecule has 18 heavy (non-hydrogen) atoms. The van der Waals surface area contributed by atoms with Crippen molar-refractivity contribution in [2.75, 3.05) is 24.5 Å². The normalized spacial score (nSPS) is 16.7. The molecule has 1 N–H and O–H groups in total. The van der Waals surface area contributed by atoms with Crippen molar-refractivity contribution in [2.45, 2.75) is 46.1 Å². The van der Waals surface area contributed by atoms with Gasteiger partial charge in [-0.25, -0.2) is 0 Å². The van der Waals surface area contributed by atoms with Gasteiger partial charge in [-0.05, 0) is 43.5 Å². The summed E-state index contributed by atoms with van der Waals surface area (Å²) in [4.78, 5) is 2.57. The lowest BCUT2D eigenvalue weighted by atomic mass is 10.1. The molecule has 1 aromatic rings. The molecule has 0 amide bonds. The Morgan fingerprint density at radius 2 is 1.83 bits per heavy atom. The highest BCUT2D eigenvalue weighted by Crippen LogP contribution is 2.24. The molecule has 0 aliphatic carbocycles. The van der Waals surface area contributed by atoms with E-state index in [-0.39, 0.29) is 0 Å². The van der Waals surface area contributed by atoms with Crippen LogP contribution in [-0.4, -0.2) is 19.6 Å². The van der Waals surface area contributed by atoms with Crippen molar-refractivity contribution >= 4 is 5.69 Å². The van der Waals surface area contributed by atoms with Crippen molar-refractivity contribution in [1.29, 1.82) is 0 Å². The van der Waals surface area contributed by atoms with Gasteiger partial charge in [0, 0.05) is 25.3 Å². The maximum absolute atomic E-state index is 3.39. The molecule has 1 saturated heterocycles.